The van der Waals surface area contributed by atoms with Crippen LogP contribution in [0, 0.1) is 6.92 Å². The van der Waals surface area contributed by atoms with E-state index in [9.17, 15) is 9.59 Å². The molecule has 5 nitrogen and oxygen atoms in total. The van der Waals surface area contributed by atoms with Gasteiger partial charge in [-0.1, -0.05) is 23.8 Å². The van der Waals surface area contributed by atoms with Gasteiger partial charge < -0.3 is 14.4 Å². The number of nitrogens with zero attached hydrogens (tertiary/aromatic N) is 1. The van der Waals surface area contributed by atoms with E-state index >= 15 is 0 Å². The van der Waals surface area contributed by atoms with Gasteiger partial charge in [0.2, 0.25) is 0 Å². The van der Waals surface area contributed by atoms with Crippen LogP contribution in [0.1, 0.15) is 26.3 Å². The van der Waals surface area contributed by atoms with Crippen LogP contribution in [0.5, 0.6) is 5.75 Å². The number of rotatable bonds is 8. The van der Waals surface area contributed by atoms with E-state index in [-0.39, 0.29) is 12.5 Å². The van der Waals surface area contributed by atoms with Gasteiger partial charge >= 0.3 is 5.97 Å². The highest BCUT2D eigenvalue weighted by atomic mass is 35.5. The van der Waals surface area contributed by atoms with E-state index in [1.807, 2.05) is 20.8 Å². The van der Waals surface area contributed by atoms with Crippen molar-refractivity contribution in [3.05, 3.63) is 40.9 Å². The number of esters is 1. The minimum absolute atomic E-state index is 0.260. The lowest BCUT2D eigenvalue weighted by Crippen LogP contribution is -2.37. The van der Waals surface area contributed by atoms with Crippen LogP contribution in [0.2, 0.25) is 5.02 Å². The van der Waals surface area contributed by atoms with E-state index in [2.05, 4.69) is 6.58 Å². The van der Waals surface area contributed by atoms with Crippen LogP contribution in [0.3, 0.4) is 0 Å². The molecule has 1 amide bonds. The van der Waals surface area contributed by atoms with Crippen molar-refractivity contribution in [1.29, 1.82) is 0 Å². The minimum atomic E-state index is -0.825. The van der Waals surface area contributed by atoms with Crippen LogP contribution >= 0.6 is 11.6 Å². The first-order chi connectivity index (χ1) is 11.2. The number of amides is 1. The van der Waals surface area contributed by atoms with Crippen molar-refractivity contribution in [2.24, 2.45) is 0 Å². The summed E-state index contributed by atoms with van der Waals surface area (Å²) >= 11 is 5.88. The second kappa shape index (κ2) is 9.33. The SMILES string of the molecule is C=C(C)CN(CC)C(=O)COC(=O)C(C)Oc1ccc(Cl)cc1C. The van der Waals surface area contributed by atoms with Gasteiger partial charge in [0.1, 0.15) is 5.75 Å². The number of hydrogen-bond acceptors (Lipinski definition) is 4. The molecule has 0 N–H and O–H groups in total. The van der Waals surface area contributed by atoms with Crippen molar-refractivity contribution in [2.45, 2.75) is 33.8 Å². The molecule has 132 valence electrons. The summed E-state index contributed by atoms with van der Waals surface area (Å²) in [6.45, 7) is 11.5. The van der Waals surface area contributed by atoms with E-state index in [0.29, 0.717) is 23.9 Å². The van der Waals surface area contributed by atoms with Gasteiger partial charge in [-0.25, -0.2) is 4.79 Å². The average Bonchev–Trinajstić information content (AvgIpc) is 2.52. The molecule has 0 saturated heterocycles. The number of carbonyl (C=O) groups is 2. The van der Waals surface area contributed by atoms with Gasteiger partial charge in [-0.2, -0.15) is 0 Å². The number of halogens is 1. The summed E-state index contributed by atoms with van der Waals surface area (Å²) in [5, 5.41) is 0.595. The van der Waals surface area contributed by atoms with Gasteiger partial charge in [0.05, 0.1) is 0 Å². The van der Waals surface area contributed by atoms with Gasteiger partial charge in [0.25, 0.3) is 5.91 Å². The largest absolute Gasteiger partial charge is 0.479 e. The van der Waals surface area contributed by atoms with E-state index in [1.165, 1.54) is 0 Å². The smallest absolute Gasteiger partial charge is 0.347 e. The van der Waals surface area contributed by atoms with E-state index in [1.54, 1.807) is 30.0 Å². The van der Waals surface area contributed by atoms with Crippen molar-refractivity contribution in [2.75, 3.05) is 19.7 Å². The summed E-state index contributed by atoms with van der Waals surface area (Å²) in [5.41, 5.74) is 1.68. The van der Waals surface area contributed by atoms with E-state index in [4.69, 9.17) is 21.1 Å². The Hall–Kier alpha value is -2.01. The fraction of sp³-hybridized carbons (Fsp3) is 0.444. The molecule has 1 unspecified atom stereocenters. The van der Waals surface area contributed by atoms with Crippen LogP contribution in [0.25, 0.3) is 0 Å². The molecular formula is C18H24ClNO4. The lowest BCUT2D eigenvalue weighted by molar-refractivity contribution is -0.157. The monoisotopic (exact) mass is 353 g/mol. The number of carbonyl (C=O) groups excluding carboxylic acids is 2. The van der Waals surface area contributed by atoms with Gasteiger partial charge in [-0.15, -0.1) is 0 Å². The van der Waals surface area contributed by atoms with Gasteiger partial charge in [-0.05, 0) is 51.5 Å². The van der Waals surface area contributed by atoms with Crippen molar-refractivity contribution in [3.63, 3.8) is 0 Å². The fourth-order valence-corrected chi connectivity index (χ4v) is 2.25. The quantitative estimate of drug-likeness (QED) is 0.531. The third kappa shape index (κ3) is 6.24. The molecule has 0 fully saturated rings. The molecule has 0 bridgehead atoms. The first kappa shape index (κ1) is 20.0. The molecule has 0 spiro atoms. The zero-order valence-corrected chi connectivity index (χ0v) is 15.4. The minimum Gasteiger partial charge on any atom is -0.479 e. The molecule has 0 heterocycles. The highest BCUT2D eigenvalue weighted by molar-refractivity contribution is 6.30. The second-order valence-corrected chi connectivity index (χ2v) is 6.08. The molecule has 1 aromatic carbocycles. The topological polar surface area (TPSA) is 55.8 Å². The second-order valence-electron chi connectivity index (χ2n) is 5.64. The summed E-state index contributed by atoms with van der Waals surface area (Å²) in [5.74, 6) is -0.305. The Kier molecular flexibility index (Phi) is 7.79. The maximum Gasteiger partial charge on any atom is 0.347 e. The number of ether oxygens (including phenoxy) is 2. The molecule has 1 rings (SSSR count). The molecule has 1 atom stereocenters. The Balaban J connectivity index is 2.54. The summed E-state index contributed by atoms with van der Waals surface area (Å²) in [6, 6.07) is 5.12. The summed E-state index contributed by atoms with van der Waals surface area (Å²) < 4.78 is 10.6. The summed E-state index contributed by atoms with van der Waals surface area (Å²) in [7, 11) is 0. The Morgan fingerprint density at radius 2 is 2.04 bits per heavy atom. The Morgan fingerprint density at radius 1 is 1.38 bits per heavy atom. The van der Waals surface area contributed by atoms with Gasteiger partial charge in [0.15, 0.2) is 12.7 Å². The van der Waals surface area contributed by atoms with Crippen molar-refractivity contribution >= 4 is 23.5 Å². The molecule has 1 aromatic rings. The zero-order chi connectivity index (χ0) is 18.3. The number of benzene rings is 1. The predicted molar refractivity (Wildman–Crippen MR) is 94.3 cm³/mol. The number of likely N-dealkylation sites (N-methyl/N-ethyl adjacent to an activating group) is 1. The van der Waals surface area contributed by atoms with Crippen LogP contribution in [-0.2, 0) is 14.3 Å². The third-order valence-corrected chi connectivity index (χ3v) is 3.54. The van der Waals surface area contributed by atoms with Crippen molar-refractivity contribution in [3.8, 4) is 5.75 Å². The van der Waals surface area contributed by atoms with Crippen molar-refractivity contribution in [1.82, 2.24) is 4.90 Å². The van der Waals surface area contributed by atoms with Gasteiger partial charge in [0, 0.05) is 18.1 Å². The fourth-order valence-electron chi connectivity index (χ4n) is 2.03. The van der Waals surface area contributed by atoms with E-state index < -0.39 is 12.1 Å². The van der Waals surface area contributed by atoms with Crippen LogP contribution < -0.4 is 4.74 Å². The molecule has 0 aliphatic heterocycles. The molecule has 0 aliphatic rings. The highest BCUT2D eigenvalue weighted by Crippen LogP contribution is 2.23. The molecule has 24 heavy (non-hydrogen) atoms. The first-order valence-corrected chi connectivity index (χ1v) is 8.14. The average molecular weight is 354 g/mol. The molecule has 6 heteroatoms. The Labute approximate surface area is 148 Å². The summed E-state index contributed by atoms with van der Waals surface area (Å²) in [4.78, 5) is 25.6. The predicted octanol–water partition coefficient (Wildman–Crippen LogP) is 3.38. The lowest BCUT2D eigenvalue weighted by Gasteiger charge is -2.21. The molecular weight excluding hydrogens is 330 g/mol. The number of hydrogen-bond donors (Lipinski definition) is 0. The molecule has 0 aromatic heterocycles. The summed E-state index contributed by atoms with van der Waals surface area (Å²) in [6.07, 6.45) is -0.825. The zero-order valence-electron chi connectivity index (χ0n) is 14.6. The standard InChI is InChI=1S/C18H24ClNO4/c1-6-20(10-12(2)3)17(21)11-23-18(22)14(5)24-16-8-7-15(19)9-13(16)4/h7-9,14H,2,6,10-11H2,1,3-5H3. The molecule has 0 saturated carbocycles. The molecule has 0 radical (unpaired) electrons. The number of aryl methyl sites for hydroxylation is 1. The van der Waals surface area contributed by atoms with Crippen LogP contribution in [0.4, 0.5) is 0 Å². The lowest BCUT2D eigenvalue weighted by atomic mass is 10.2. The van der Waals surface area contributed by atoms with Crippen LogP contribution in [-0.4, -0.2) is 42.6 Å². The third-order valence-electron chi connectivity index (χ3n) is 3.31. The Morgan fingerprint density at radius 3 is 2.58 bits per heavy atom. The maximum absolute atomic E-state index is 12.0. The van der Waals surface area contributed by atoms with E-state index in [0.717, 1.165) is 11.1 Å². The van der Waals surface area contributed by atoms with Gasteiger partial charge in [-0.3, -0.25) is 4.79 Å². The maximum atomic E-state index is 12.0. The Bertz CT molecular complexity index is 615. The normalized spacial score (nSPS) is 11.5. The van der Waals surface area contributed by atoms with Crippen LogP contribution in [0.15, 0.2) is 30.4 Å². The first-order valence-electron chi connectivity index (χ1n) is 7.76. The van der Waals surface area contributed by atoms with Crippen molar-refractivity contribution < 1.29 is 19.1 Å². The highest BCUT2D eigenvalue weighted by Gasteiger charge is 2.20. The molecule has 0 aliphatic carbocycles.